The first-order valence-corrected chi connectivity index (χ1v) is 13.3. The number of carbonyl (C=O) groups is 1. The number of nitrogen functional groups attached to an aromatic ring is 1. The summed E-state index contributed by atoms with van der Waals surface area (Å²) in [6.07, 6.45) is 1.77. The molecule has 0 bridgehead atoms. The van der Waals surface area contributed by atoms with E-state index in [2.05, 4.69) is 14.5 Å². The average Bonchev–Trinajstić information content (AvgIpc) is 3.51. The summed E-state index contributed by atoms with van der Waals surface area (Å²) >= 11 is 0. The van der Waals surface area contributed by atoms with E-state index in [1.807, 2.05) is 79.7 Å². The van der Waals surface area contributed by atoms with Gasteiger partial charge in [0.25, 0.3) is 0 Å². The molecule has 0 saturated carbocycles. The summed E-state index contributed by atoms with van der Waals surface area (Å²) in [7, 11) is 1.52. The minimum absolute atomic E-state index is 0.0378. The monoisotopic (exact) mass is 550 g/mol. The van der Waals surface area contributed by atoms with E-state index in [9.17, 15) is 4.79 Å². The van der Waals surface area contributed by atoms with Crippen molar-refractivity contribution >= 4 is 22.6 Å². The summed E-state index contributed by atoms with van der Waals surface area (Å²) in [5.74, 6) is 2.48. The number of ether oxygens (including phenoxy) is 4. The molecule has 5 aromatic rings. The quantitative estimate of drug-likeness (QED) is 0.235. The molecule has 0 aliphatic carbocycles. The second-order valence-corrected chi connectivity index (χ2v) is 9.93. The Morgan fingerprint density at radius 1 is 1.00 bits per heavy atom. The Morgan fingerprint density at radius 2 is 1.78 bits per heavy atom. The van der Waals surface area contributed by atoms with E-state index >= 15 is 0 Å². The van der Waals surface area contributed by atoms with Gasteiger partial charge in [-0.15, -0.1) is 0 Å². The van der Waals surface area contributed by atoms with Crippen LogP contribution >= 0.6 is 0 Å². The lowest BCUT2D eigenvalue weighted by molar-refractivity contribution is -0.121. The summed E-state index contributed by atoms with van der Waals surface area (Å²) in [4.78, 5) is 20.6. The van der Waals surface area contributed by atoms with Gasteiger partial charge in [-0.05, 0) is 54.4 Å². The minimum atomic E-state index is -0.0609. The molecule has 208 valence electrons. The number of hydrogen-bond acceptors (Lipinski definition) is 8. The van der Waals surface area contributed by atoms with Gasteiger partial charge >= 0.3 is 0 Å². The van der Waals surface area contributed by atoms with Crippen molar-refractivity contribution in [2.45, 2.75) is 32.7 Å². The van der Waals surface area contributed by atoms with Crippen LogP contribution in [0.25, 0.3) is 16.7 Å². The number of anilines is 1. The van der Waals surface area contributed by atoms with Gasteiger partial charge in [0.2, 0.25) is 0 Å². The topological polar surface area (TPSA) is 111 Å². The summed E-state index contributed by atoms with van der Waals surface area (Å²) < 4.78 is 25.0. The van der Waals surface area contributed by atoms with E-state index in [4.69, 9.17) is 24.7 Å². The van der Waals surface area contributed by atoms with E-state index < -0.39 is 0 Å². The maximum Gasteiger partial charge on any atom is 0.162 e. The van der Waals surface area contributed by atoms with Gasteiger partial charge in [0.05, 0.1) is 18.4 Å². The number of rotatable bonds is 10. The van der Waals surface area contributed by atoms with Gasteiger partial charge in [-0.3, -0.25) is 4.79 Å². The van der Waals surface area contributed by atoms with Gasteiger partial charge in [-0.25, -0.2) is 9.97 Å². The molecule has 0 spiro atoms. The summed E-state index contributed by atoms with van der Waals surface area (Å²) in [6, 6.07) is 23.1. The highest BCUT2D eigenvalue weighted by Gasteiger charge is 2.30. The molecule has 9 heteroatoms. The lowest BCUT2D eigenvalue weighted by Gasteiger charge is -2.12. The van der Waals surface area contributed by atoms with Crippen molar-refractivity contribution in [3.8, 4) is 22.9 Å². The number of benzene rings is 3. The van der Waals surface area contributed by atoms with E-state index in [0.29, 0.717) is 42.7 Å². The molecule has 9 nitrogen and oxygen atoms in total. The molecule has 3 aromatic carbocycles. The molecule has 0 radical (unpaired) electrons. The second-order valence-electron chi connectivity index (χ2n) is 9.93. The number of hydrogen-bond donors (Lipinski definition) is 1. The lowest BCUT2D eigenvalue weighted by atomic mass is 10.1. The van der Waals surface area contributed by atoms with E-state index in [1.54, 1.807) is 0 Å². The van der Waals surface area contributed by atoms with E-state index in [-0.39, 0.29) is 18.5 Å². The van der Waals surface area contributed by atoms with E-state index in [0.717, 1.165) is 39.1 Å². The van der Waals surface area contributed by atoms with Crippen LogP contribution in [0.1, 0.15) is 35.4 Å². The lowest BCUT2D eigenvalue weighted by Crippen LogP contribution is -2.10. The zero-order valence-electron chi connectivity index (χ0n) is 22.9. The Hall–Kier alpha value is -4.73. The SMILES string of the molecule is COCC(=O)Cc1cccc(COc2cccc(Oc3ccc(-n4c5c(c6ncnc(N)c64)C(C)OC5)cc3)c2)c1. The molecular formula is C32H30N4O5. The summed E-state index contributed by atoms with van der Waals surface area (Å²) in [6.45, 7) is 2.98. The molecule has 6 rings (SSSR count). The maximum atomic E-state index is 11.9. The van der Waals surface area contributed by atoms with Crippen molar-refractivity contribution in [1.82, 2.24) is 14.5 Å². The van der Waals surface area contributed by atoms with Crippen LogP contribution in [0, 0.1) is 0 Å². The molecule has 1 atom stereocenters. The van der Waals surface area contributed by atoms with Crippen LogP contribution in [0.5, 0.6) is 17.2 Å². The van der Waals surface area contributed by atoms with Crippen LogP contribution < -0.4 is 15.2 Å². The van der Waals surface area contributed by atoms with Crippen molar-refractivity contribution in [3.05, 3.63) is 102 Å². The minimum Gasteiger partial charge on any atom is -0.489 e. The normalized spacial score (nSPS) is 14.2. The van der Waals surface area contributed by atoms with Crippen LogP contribution in [0.3, 0.4) is 0 Å². The third kappa shape index (κ3) is 5.50. The predicted octanol–water partition coefficient (Wildman–Crippen LogP) is 5.72. The third-order valence-corrected chi connectivity index (χ3v) is 7.03. The fraction of sp³-hybridized carbons (Fsp3) is 0.219. The first-order chi connectivity index (χ1) is 20.0. The molecule has 0 fully saturated rings. The van der Waals surface area contributed by atoms with Crippen LogP contribution in [0.4, 0.5) is 5.82 Å². The van der Waals surface area contributed by atoms with Crippen LogP contribution in [0.2, 0.25) is 0 Å². The van der Waals surface area contributed by atoms with Crippen LogP contribution in [0.15, 0.2) is 79.1 Å². The third-order valence-electron chi connectivity index (χ3n) is 7.03. The number of Topliss-reactive ketones (excluding diaryl/α,β-unsaturated/α-hetero) is 1. The van der Waals surface area contributed by atoms with Crippen molar-refractivity contribution in [3.63, 3.8) is 0 Å². The number of aromatic nitrogens is 3. The Morgan fingerprint density at radius 3 is 2.61 bits per heavy atom. The highest BCUT2D eigenvalue weighted by molar-refractivity contribution is 5.91. The number of methoxy groups -OCH3 is 1. The van der Waals surface area contributed by atoms with Gasteiger partial charge in [0.1, 0.15) is 47.8 Å². The number of nitrogens with zero attached hydrogens (tertiary/aromatic N) is 3. The van der Waals surface area contributed by atoms with E-state index in [1.165, 1.54) is 13.4 Å². The Kier molecular flexibility index (Phi) is 7.37. The smallest absolute Gasteiger partial charge is 0.162 e. The summed E-state index contributed by atoms with van der Waals surface area (Å²) in [5.41, 5.74) is 12.8. The highest BCUT2D eigenvalue weighted by Crippen LogP contribution is 2.41. The Labute approximate surface area is 237 Å². The van der Waals surface area contributed by atoms with Crippen LogP contribution in [-0.4, -0.2) is 34.0 Å². The van der Waals surface area contributed by atoms with Gasteiger partial charge in [-0.1, -0.05) is 30.3 Å². The first kappa shape index (κ1) is 26.5. The summed E-state index contributed by atoms with van der Waals surface area (Å²) in [5, 5.41) is 0. The molecule has 2 N–H and O–H groups in total. The van der Waals surface area contributed by atoms with Crippen molar-refractivity contribution < 1.29 is 23.7 Å². The van der Waals surface area contributed by atoms with Crippen molar-refractivity contribution in [1.29, 1.82) is 0 Å². The molecule has 3 heterocycles. The molecular weight excluding hydrogens is 520 g/mol. The number of fused-ring (bicyclic) bond motifs is 3. The molecule has 0 saturated heterocycles. The van der Waals surface area contributed by atoms with Gasteiger partial charge in [-0.2, -0.15) is 0 Å². The zero-order chi connectivity index (χ0) is 28.3. The molecule has 2 aromatic heterocycles. The second kappa shape index (κ2) is 11.4. The predicted molar refractivity (Wildman–Crippen MR) is 154 cm³/mol. The number of ketones is 1. The number of nitrogens with two attached hydrogens (primary N) is 1. The largest absolute Gasteiger partial charge is 0.489 e. The van der Waals surface area contributed by atoms with Crippen molar-refractivity contribution in [2.24, 2.45) is 0 Å². The van der Waals surface area contributed by atoms with Gasteiger partial charge in [0, 0.05) is 30.8 Å². The Bertz CT molecular complexity index is 1710. The average molecular weight is 551 g/mol. The zero-order valence-corrected chi connectivity index (χ0v) is 22.9. The maximum absolute atomic E-state index is 11.9. The highest BCUT2D eigenvalue weighted by atomic mass is 16.5. The first-order valence-electron chi connectivity index (χ1n) is 13.3. The molecule has 41 heavy (non-hydrogen) atoms. The molecule has 1 unspecified atom stereocenters. The fourth-order valence-electron chi connectivity index (χ4n) is 5.21. The molecule has 1 aliphatic rings. The molecule has 0 amide bonds. The fourth-order valence-corrected chi connectivity index (χ4v) is 5.21. The molecule has 1 aliphatic heterocycles. The van der Waals surface area contributed by atoms with Crippen molar-refractivity contribution in [2.75, 3.05) is 19.5 Å². The van der Waals surface area contributed by atoms with Gasteiger partial charge in [0.15, 0.2) is 11.6 Å². The van der Waals surface area contributed by atoms with Crippen LogP contribution in [-0.2, 0) is 33.9 Å². The Balaban J connectivity index is 1.15. The standard InChI is InChI=1S/C32H30N4O5/c1-20-29-28(18-39-20)36(31-30(29)34-19-35-32(31)33)23-9-11-25(12-10-23)41-27-8-4-7-26(15-27)40-16-22-6-3-5-21(13-22)14-24(37)17-38-2/h3-13,15,19-20H,14,16-18H2,1-2H3,(H2,33,34,35). The van der Waals surface area contributed by atoms with Gasteiger partial charge < -0.3 is 29.2 Å². The number of carbonyl (C=O) groups excluding carboxylic acids is 1.